The number of rotatable bonds is 4. The fourth-order valence-electron chi connectivity index (χ4n) is 3.88. The molecule has 0 saturated carbocycles. The van der Waals surface area contributed by atoms with Crippen molar-refractivity contribution in [1.82, 2.24) is 19.9 Å². The van der Waals surface area contributed by atoms with E-state index in [1.165, 1.54) is 12.7 Å². The lowest BCUT2D eigenvalue weighted by molar-refractivity contribution is 0.415. The molecule has 11 nitrogen and oxygen atoms in total. The number of nitrogens with zero attached hydrogens (tertiary/aromatic N) is 6. The molecule has 0 aliphatic rings. The molecule has 196 valence electrons. The Morgan fingerprint density at radius 1 is 0.725 bits per heavy atom. The van der Waals surface area contributed by atoms with Gasteiger partial charge in [0.1, 0.15) is 79.5 Å². The summed E-state index contributed by atoms with van der Waals surface area (Å²) in [6.45, 7) is 0. The molecule has 12 heteroatoms. The lowest BCUT2D eigenvalue weighted by Crippen LogP contribution is -1.98. The van der Waals surface area contributed by atoms with Gasteiger partial charge in [-0.25, -0.2) is 19.9 Å². The van der Waals surface area contributed by atoms with E-state index in [0.717, 1.165) is 27.9 Å². The van der Waals surface area contributed by atoms with Crippen LogP contribution in [0.4, 0.5) is 5.82 Å². The highest BCUT2D eigenvalue weighted by Gasteiger charge is 2.17. The largest absolute Gasteiger partial charge is 0.497 e. The minimum absolute atomic E-state index is 0.135. The zero-order chi connectivity index (χ0) is 28.2. The van der Waals surface area contributed by atoms with E-state index in [2.05, 4.69) is 26.0 Å². The Kier molecular flexibility index (Phi) is 7.43. The van der Waals surface area contributed by atoms with Crippen molar-refractivity contribution in [2.75, 3.05) is 20.0 Å². The molecular formula is C28H18IN7O4. The molecule has 0 aliphatic carbocycles. The molecule has 2 aromatic carbocycles. The van der Waals surface area contributed by atoms with E-state index < -0.39 is 0 Å². The normalized spacial score (nSPS) is 10.4. The fourth-order valence-corrected chi connectivity index (χ4v) is 4.38. The van der Waals surface area contributed by atoms with Crippen LogP contribution in [0.2, 0.25) is 0 Å². The molecule has 0 fully saturated rings. The Bertz CT molecular complexity index is 1810. The number of anilines is 1. The van der Waals surface area contributed by atoms with Gasteiger partial charge in [0.05, 0.1) is 14.2 Å². The van der Waals surface area contributed by atoms with Gasteiger partial charge in [-0.1, -0.05) is 0 Å². The highest BCUT2D eigenvalue weighted by Crippen LogP contribution is 2.32. The van der Waals surface area contributed by atoms with Gasteiger partial charge >= 0.3 is 0 Å². The van der Waals surface area contributed by atoms with Crippen molar-refractivity contribution in [3.63, 3.8) is 0 Å². The van der Waals surface area contributed by atoms with Crippen LogP contribution in [0.3, 0.4) is 0 Å². The second kappa shape index (κ2) is 11.3. The smallest absolute Gasteiger partial charge is 0.155 e. The number of hydrogen-bond acceptors (Lipinski definition) is 11. The van der Waals surface area contributed by atoms with Crippen molar-refractivity contribution in [2.45, 2.75) is 0 Å². The quantitative estimate of drug-likeness (QED) is 0.184. The molecule has 4 aromatic heterocycles. The average molecular weight is 643 g/mol. The summed E-state index contributed by atoms with van der Waals surface area (Å²) >= 11 is 2.01. The number of methoxy groups -OCH3 is 2. The Morgan fingerprint density at radius 3 is 1.73 bits per heavy atom. The lowest BCUT2D eigenvalue weighted by Gasteiger charge is -2.00. The number of nitrogen functional groups attached to an aromatic ring is 1. The van der Waals surface area contributed by atoms with E-state index in [-0.39, 0.29) is 11.4 Å². The van der Waals surface area contributed by atoms with Gasteiger partial charge in [0, 0.05) is 10.8 Å². The SMILES string of the molecule is COc1ccc2oc(-c3ncnc(I)c3C#N)cc2c1.COc1ccc2oc(-c3ncnc(N)c3C#N)cc2c1. The van der Waals surface area contributed by atoms with Crippen LogP contribution < -0.4 is 15.2 Å². The minimum Gasteiger partial charge on any atom is -0.497 e. The van der Waals surface area contributed by atoms with Crippen molar-refractivity contribution < 1.29 is 18.3 Å². The summed E-state index contributed by atoms with van der Waals surface area (Å²) in [5, 5.41) is 20.1. The molecule has 0 aliphatic heterocycles. The lowest BCUT2D eigenvalue weighted by atomic mass is 10.1. The maximum atomic E-state index is 9.22. The van der Waals surface area contributed by atoms with E-state index >= 15 is 0 Å². The third kappa shape index (κ3) is 5.08. The van der Waals surface area contributed by atoms with Crippen LogP contribution in [-0.4, -0.2) is 34.2 Å². The van der Waals surface area contributed by atoms with Crippen molar-refractivity contribution >= 4 is 50.3 Å². The zero-order valence-electron chi connectivity index (χ0n) is 21.0. The molecule has 0 unspecified atom stereocenters. The molecule has 0 radical (unpaired) electrons. The minimum atomic E-state index is 0.135. The van der Waals surface area contributed by atoms with Crippen LogP contribution in [0.15, 0.2) is 70.0 Å². The molecule has 0 saturated heterocycles. The first kappa shape index (κ1) is 26.4. The summed E-state index contributed by atoms with van der Waals surface area (Å²) in [4.78, 5) is 16.0. The third-order valence-electron chi connectivity index (χ3n) is 5.81. The van der Waals surface area contributed by atoms with Gasteiger partial charge in [-0.3, -0.25) is 0 Å². The Labute approximate surface area is 241 Å². The average Bonchev–Trinajstić information content (AvgIpc) is 3.60. The molecule has 4 heterocycles. The molecule has 2 N–H and O–H groups in total. The van der Waals surface area contributed by atoms with Gasteiger partial charge in [0.25, 0.3) is 0 Å². The number of nitrogens with two attached hydrogens (primary N) is 1. The molecule has 6 rings (SSSR count). The highest BCUT2D eigenvalue weighted by atomic mass is 127. The first-order valence-electron chi connectivity index (χ1n) is 11.5. The van der Waals surface area contributed by atoms with Crippen LogP contribution in [0.25, 0.3) is 44.8 Å². The molecule has 6 aromatic rings. The predicted molar refractivity (Wildman–Crippen MR) is 154 cm³/mol. The van der Waals surface area contributed by atoms with Crippen molar-refractivity contribution in [3.05, 3.63) is 76.0 Å². The summed E-state index contributed by atoms with van der Waals surface area (Å²) in [6.07, 6.45) is 2.73. The van der Waals surface area contributed by atoms with Crippen LogP contribution in [0, 0.1) is 26.4 Å². The van der Waals surface area contributed by atoms with E-state index in [9.17, 15) is 5.26 Å². The van der Waals surface area contributed by atoms with Crippen LogP contribution in [0.5, 0.6) is 11.5 Å². The molecule has 0 spiro atoms. The van der Waals surface area contributed by atoms with E-state index in [4.69, 9.17) is 29.3 Å². The summed E-state index contributed by atoms with van der Waals surface area (Å²) in [6, 6.07) is 18.7. The Hall–Kier alpha value is -5.21. The second-order valence-corrected chi connectivity index (χ2v) is 9.14. The van der Waals surface area contributed by atoms with Crippen LogP contribution in [-0.2, 0) is 0 Å². The molecule has 0 bridgehead atoms. The molecular weight excluding hydrogens is 625 g/mol. The maximum Gasteiger partial charge on any atom is 0.155 e. The Balaban J connectivity index is 0.000000161. The first-order valence-corrected chi connectivity index (χ1v) is 12.6. The van der Waals surface area contributed by atoms with Gasteiger partial charge in [-0.2, -0.15) is 10.5 Å². The van der Waals surface area contributed by atoms with E-state index in [1.54, 1.807) is 32.4 Å². The fraction of sp³-hybridized carbons (Fsp3) is 0.0714. The number of fused-ring (bicyclic) bond motifs is 2. The van der Waals surface area contributed by atoms with Crippen LogP contribution in [0.1, 0.15) is 11.1 Å². The second-order valence-electron chi connectivity index (χ2n) is 8.12. The summed E-state index contributed by atoms with van der Waals surface area (Å²) in [5.74, 6) is 2.63. The monoisotopic (exact) mass is 643 g/mol. The number of nitriles is 2. The van der Waals surface area contributed by atoms with Crippen molar-refractivity contribution in [1.29, 1.82) is 10.5 Å². The first-order chi connectivity index (χ1) is 19.4. The van der Waals surface area contributed by atoms with Crippen molar-refractivity contribution in [3.8, 4) is 46.5 Å². The standard InChI is InChI=1S/C14H8IN3O2.C14H10N4O2/c1-19-9-2-3-11-8(4-9)5-12(20-11)13-10(6-16)14(15)18-7-17-13;1-19-9-2-3-11-8(4-9)5-12(20-11)13-10(6-15)14(16)18-7-17-13/h2-5,7H,1H3;2-5,7H,1H3,(H2,16,17,18). The number of halogens is 1. The summed E-state index contributed by atoms with van der Waals surface area (Å²) in [7, 11) is 3.21. The number of hydrogen-bond donors (Lipinski definition) is 1. The summed E-state index contributed by atoms with van der Waals surface area (Å²) in [5.41, 5.74) is 8.59. The third-order valence-corrected chi connectivity index (χ3v) is 6.63. The topological polar surface area (TPSA) is 170 Å². The summed E-state index contributed by atoms with van der Waals surface area (Å²) < 4.78 is 22.4. The number of ether oxygens (including phenoxy) is 2. The van der Waals surface area contributed by atoms with E-state index in [0.29, 0.717) is 37.8 Å². The van der Waals surface area contributed by atoms with E-state index in [1.807, 2.05) is 59.0 Å². The zero-order valence-corrected chi connectivity index (χ0v) is 23.2. The maximum absolute atomic E-state index is 9.22. The van der Waals surface area contributed by atoms with Gasteiger partial charge in [0.15, 0.2) is 11.5 Å². The number of aromatic nitrogens is 4. The van der Waals surface area contributed by atoms with Crippen molar-refractivity contribution in [2.24, 2.45) is 0 Å². The van der Waals surface area contributed by atoms with Gasteiger partial charge in [-0.05, 0) is 71.1 Å². The molecule has 0 amide bonds. The van der Waals surface area contributed by atoms with Gasteiger partial charge < -0.3 is 24.0 Å². The highest BCUT2D eigenvalue weighted by molar-refractivity contribution is 14.1. The molecule has 0 atom stereocenters. The predicted octanol–water partition coefficient (Wildman–Crippen LogP) is 5.73. The molecule has 40 heavy (non-hydrogen) atoms. The van der Waals surface area contributed by atoms with Gasteiger partial charge in [-0.15, -0.1) is 0 Å². The Morgan fingerprint density at radius 2 is 1.23 bits per heavy atom. The number of benzene rings is 2. The van der Waals surface area contributed by atoms with Gasteiger partial charge in [0.2, 0.25) is 0 Å². The van der Waals surface area contributed by atoms with Crippen LogP contribution >= 0.6 is 22.6 Å². The number of furan rings is 2.